The first-order chi connectivity index (χ1) is 22.4. The number of aryl methyl sites for hydroxylation is 2. The minimum absolute atomic E-state index is 0.0739. The van der Waals surface area contributed by atoms with Crippen LogP contribution in [0.4, 0.5) is 0 Å². The molecule has 0 bridgehead atoms. The molecule has 1 amide bonds. The summed E-state index contributed by atoms with van der Waals surface area (Å²) in [6.45, 7) is 15.6. The van der Waals surface area contributed by atoms with Gasteiger partial charge in [-0.15, -0.1) is 0 Å². The predicted octanol–water partition coefficient (Wildman–Crippen LogP) is 8.86. The molecule has 1 aliphatic rings. The molecule has 0 fully saturated rings. The Balaban J connectivity index is 1.27. The van der Waals surface area contributed by atoms with Crippen LogP contribution in [0.1, 0.15) is 59.3 Å². The molecule has 6 rings (SSSR count). The van der Waals surface area contributed by atoms with Crippen molar-refractivity contribution in [1.29, 1.82) is 0 Å². The van der Waals surface area contributed by atoms with Gasteiger partial charge in [0.25, 0.3) is 5.91 Å². The Hall–Kier alpha value is -4.35. The van der Waals surface area contributed by atoms with E-state index in [1.807, 2.05) is 36.4 Å². The molecule has 1 heterocycles. The molecule has 0 spiro atoms. The fraction of sp³-hybridized carbons (Fsp3) is 0.341. The Morgan fingerprint density at radius 1 is 0.717 bits per heavy atom. The van der Waals surface area contributed by atoms with Crippen molar-refractivity contribution < 1.29 is 18.8 Å². The highest BCUT2D eigenvalue weighted by Crippen LogP contribution is 2.33. The zero-order chi connectivity index (χ0) is 32.1. The molecule has 0 aromatic heterocycles. The van der Waals surface area contributed by atoms with Gasteiger partial charge in [-0.1, -0.05) is 83.9 Å². The van der Waals surface area contributed by atoms with Crippen LogP contribution in [0, 0.1) is 13.8 Å². The summed E-state index contributed by atoms with van der Waals surface area (Å²) >= 11 is 0. The first kappa shape index (κ1) is 31.6. The Bertz CT molecular complexity index is 1770. The first-order valence-electron chi connectivity index (χ1n) is 16.9. The molecule has 0 saturated heterocycles. The van der Waals surface area contributed by atoms with E-state index in [0.29, 0.717) is 26.3 Å². The van der Waals surface area contributed by atoms with Gasteiger partial charge in [0.2, 0.25) is 0 Å². The number of hydrogen-bond donors (Lipinski definition) is 0. The molecule has 5 heteroatoms. The summed E-state index contributed by atoms with van der Waals surface area (Å²) in [5.41, 5.74) is 5.90. The highest BCUT2D eigenvalue weighted by molar-refractivity contribution is 6.18. The maximum absolute atomic E-state index is 14.7. The van der Waals surface area contributed by atoms with Crippen LogP contribution in [-0.4, -0.2) is 54.7 Å². The van der Waals surface area contributed by atoms with E-state index in [0.717, 1.165) is 87.7 Å². The molecule has 5 nitrogen and oxygen atoms in total. The lowest BCUT2D eigenvalue weighted by Gasteiger charge is -2.37. The molecule has 0 aliphatic carbocycles. The minimum atomic E-state index is 0.0739. The molecule has 5 aromatic rings. The van der Waals surface area contributed by atoms with Crippen molar-refractivity contribution in [3.8, 4) is 11.5 Å². The summed E-state index contributed by atoms with van der Waals surface area (Å²) in [6.07, 6.45) is 1.99. The number of carbonyl (C=O) groups excluding carboxylic acids is 1. The Morgan fingerprint density at radius 3 is 2.00 bits per heavy atom. The smallest absolute Gasteiger partial charge is 0.255 e. The van der Waals surface area contributed by atoms with E-state index in [1.54, 1.807) is 0 Å². The highest BCUT2D eigenvalue weighted by atomic mass is 16.6. The van der Waals surface area contributed by atoms with Crippen molar-refractivity contribution in [2.75, 3.05) is 39.4 Å². The largest absolute Gasteiger partial charge is 0.486 e. The second kappa shape index (κ2) is 14.0. The number of benzene rings is 5. The molecular weight excluding hydrogens is 568 g/mol. The number of unbranched alkanes of at least 4 members (excludes halogenated alkanes) is 1. The van der Waals surface area contributed by atoms with Crippen molar-refractivity contribution in [1.82, 2.24) is 4.90 Å². The topological polar surface area (TPSA) is 38.8 Å². The monoisotopic (exact) mass is 615 g/mol. The third-order valence-corrected chi connectivity index (χ3v) is 9.70. The second-order valence-corrected chi connectivity index (χ2v) is 13.0. The van der Waals surface area contributed by atoms with Gasteiger partial charge in [0.15, 0.2) is 11.5 Å². The van der Waals surface area contributed by atoms with Crippen LogP contribution in [0.2, 0.25) is 0 Å². The molecule has 0 N–H and O–H groups in total. The SMILES string of the molecule is CC[N+](CC)(CCCCN(Cc1ccc2c(c1)OCCO2)C(=O)c1c2ccccc2cc2ccccc12)Cc1cc(C)cc(C)c1. The number of hydrogen-bond acceptors (Lipinski definition) is 3. The van der Waals surface area contributed by atoms with E-state index >= 15 is 0 Å². The number of rotatable bonds is 12. The van der Waals surface area contributed by atoms with Gasteiger partial charge in [-0.2, -0.15) is 0 Å². The fourth-order valence-corrected chi connectivity index (χ4v) is 7.20. The van der Waals surface area contributed by atoms with E-state index in [-0.39, 0.29) is 5.91 Å². The summed E-state index contributed by atoms with van der Waals surface area (Å²) < 4.78 is 12.7. The zero-order valence-electron chi connectivity index (χ0n) is 27.9. The maximum Gasteiger partial charge on any atom is 0.255 e. The van der Waals surface area contributed by atoms with Crippen LogP contribution in [0.15, 0.2) is 91.0 Å². The van der Waals surface area contributed by atoms with Gasteiger partial charge in [0, 0.05) is 18.7 Å². The number of nitrogens with zero attached hydrogens (tertiary/aromatic N) is 2. The molecular formula is C41H47N2O3+. The van der Waals surface area contributed by atoms with Crippen LogP contribution in [0.3, 0.4) is 0 Å². The standard InChI is InChI=1S/C41H47N2O3/c1-5-43(6-2,29-33-24-30(3)23-31(4)25-33)20-12-11-19-42(28-32-17-18-38-39(26-32)46-22-21-45-38)41(44)40-36-15-9-7-13-34(36)27-35-14-8-10-16-37(35)40/h7-10,13-18,23-27H,5-6,11-12,19-22,28-29H2,1-4H3/q+1. The first-order valence-corrected chi connectivity index (χ1v) is 16.9. The van der Waals surface area contributed by atoms with Crippen molar-refractivity contribution >= 4 is 27.5 Å². The number of carbonyl (C=O) groups is 1. The molecule has 238 valence electrons. The van der Waals surface area contributed by atoms with E-state index in [4.69, 9.17) is 9.47 Å². The van der Waals surface area contributed by atoms with Crippen LogP contribution < -0.4 is 9.47 Å². The molecule has 1 aliphatic heterocycles. The average molecular weight is 616 g/mol. The third kappa shape index (κ3) is 6.90. The highest BCUT2D eigenvalue weighted by Gasteiger charge is 2.26. The quantitative estimate of drug-likeness (QED) is 0.0800. The van der Waals surface area contributed by atoms with E-state index < -0.39 is 0 Å². The van der Waals surface area contributed by atoms with Gasteiger partial charge >= 0.3 is 0 Å². The van der Waals surface area contributed by atoms with Crippen LogP contribution >= 0.6 is 0 Å². The van der Waals surface area contributed by atoms with Crippen molar-refractivity contribution in [3.05, 3.63) is 119 Å². The summed E-state index contributed by atoms with van der Waals surface area (Å²) in [6, 6.07) is 31.7. The van der Waals surface area contributed by atoms with Crippen molar-refractivity contribution in [2.45, 2.75) is 53.6 Å². The van der Waals surface area contributed by atoms with Gasteiger partial charge in [-0.25, -0.2) is 0 Å². The van der Waals surface area contributed by atoms with Gasteiger partial charge in [-0.3, -0.25) is 4.79 Å². The second-order valence-electron chi connectivity index (χ2n) is 13.0. The molecule has 5 aromatic carbocycles. The molecule has 0 atom stereocenters. The fourth-order valence-electron chi connectivity index (χ4n) is 7.20. The average Bonchev–Trinajstić information content (AvgIpc) is 3.07. The Labute approximate surface area is 273 Å². The lowest BCUT2D eigenvalue weighted by atomic mass is 9.95. The minimum Gasteiger partial charge on any atom is -0.486 e. The number of amides is 1. The summed E-state index contributed by atoms with van der Waals surface area (Å²) in [5, 5.41) is 4.17. The molecule has 0 saturated carbocycles. The third-order valence-electron chi connectivity index (χ3n) is 9.70. The van der Waals surface area contributed by atoms with Gasteiger partial charge in [0.05, 0.1) is 25.2 Å². The van der Waals surface area contributed by atoms with Gasteiger partial charge in [0.1, 0.15) is 19.8 Å². The van der Waals surface area contributed by atoms with E-state index in [1.165, 1.54) is 16.7 Å². The maximum atomic E-state index is 14.7. The Morgan fingerprint density at radius 2 is 1.35 bits per heavy atom. The van der Waals surface area contributed by atoms with Crippen molar-refractivity contribution in [3.63, 3.8) is 0 Å². The van der Waals surface area contributed by atoms with Crippen LogP contribution in [0.5, 0.6) is 11.5 Å². The van der Waals surface area contributed by atoms with Crippen LogP contribution in [-0.2, 0) is 13.1 Å². The summed E-state index contributed by atoms with van der Waals surface area (Å²) in [7, 11) is 0. The number of fused-ring (bicyclic) bond motifs is 3. The number of quaternary nitrogens is 1. The number of ether oxygens (including phenoxy) is 2. The Kier molecular flexibility index (Phi) is 9.60. The van der Waals surface area contributed by atoms with E-state index in [2.05, 4.69) is 87.2 Å². The predicted molar refractivity (Wildman–Crippen MR) is 189 cm³/mol. The summed E-state index contributed by atoms with van der Waals surface area (Å²) in [5.74, 6) is 1.60. The van der Waals surface area contributed by atoms with Crippen LogP contribution in [0.25, 0.3) is 21.5 Å². The normalized spacial score (nSPS) is 12.9. The van der Waals surface area contributed by atoms with Crippen molar-refractivity contribution in [2.24, 2.45) is 0 Å². The summed E-state index contributed by atoms with van der Waals surface area (Å²) in [4.78, 5) is 16.8. The molecule has 0 radical (unpaired) electrons. The van der Waals surface area contributed by atoms with Gasteiger partial charge < -0.3 is 18.9 Å². The van der Waals surface area contributed by atoms with Gasteiger partial charge in [-0.05, 0) is 85.8 Å². The lowest BCUT2D eigenvalue weighted by molar-refractivity contribution is -0.938. The zero-order valence-corrected chi connectivity index (χ0v) is 27.9. The molecule has 0 unspecified atom stereocenters. The molecule has 46 heavy (non-hydrogen) atoms. The van der Waals surface area contributed by atoms with E-state index in [9.17, 15) is 4.79 Å². The lowest BCUT2D eigenvalue weighted by Crippen LogP contribution is -2.47.